The third-order valence-electron chi connectivity index (χ3n) is 5.40. The van der Waals surface area contributed by atoms with Gasteiger partial charge < -0.3 is 10.6 Å². The summed E-state index contributed by atoms with van der Waals surface area (Å²) in [6, 6.07) is 0. The Bertz CT molecular complexity index is 672. The van der Waals surface area contributed by atoms with Gasteiger partial charge in [-0.05, 0) is 58.2 Å². The summed E-state index contributed by atoms with van der Waals surface area (Å²) in [5.74, 6) is 1.35. The highest BCUT2D eigenvalue weighted by Gasteiger charge is 2.13. The number of nitrogens with one attached hydrogen (secondary N) is 1. The molecule has 2 aromatic rings. The molecule has 0 unspecified atom stereocenters. The van der Waals surface area contributed by atoms with Gasteiger partial charge in [0.15, 0.2) is 11.3 Å². The van der Waals surface area contributed by atoms with Gasteiger partial charge in [0, 0.05) is 6.42 Å². The summed E-state index contributed by atoms with van der Waals surface area (Å²) in [5.41, 5.74) is 8.84. The van der Waals surface area contributed by atoms with Gasteiger partial charge in [0.2, 0.25) is 0 Å². The molecule has 6 nitrogen and oxygen atoms in total. The number of nitrogen functional groups attached to an aromatic ring is 1. The van der Waals surface area contributed by atoms with Crippen LogP contribution in [0.4, 0.5) is 5.82 Å². The normalized spacial score (nSPS) is 16.2. The number of hydrogen-bond acceptors (Lipinski definition) is 5. The average Bonchev–Trinajstić information content (AvgIpc) is 2.87. The number of anilines is 1. The van der Waals surface area contributed by atoms with E-state index in [1.807, 2.05) is 0 Å². The Morgan fingerprint density at radius 3 is 2.50 bits per heavy atom. The van der Waals surface area contributed by atoms with E-state index in [0.717, 1.165) is 48.2 Å². The van der Waals surface area contributed by atoms with E-state index in [1.165, 1.54) is 64.6 Å². The molecular formula is C20H34N6. The van der Waals surface area contributed by atoms with Crippen molar-refractivity contribution in [3.05, 3.63) is 11.5 Å². The van der Waals surface area contributed by atoms with Crippen LogP contribution in [-0.2, 0) is 12.8 Å². The number of aromatic amines is 1. The maximum absolute atomic E-state index is 6.07. The Labute approximate surface area is 157 Å². The Morgan fingerprint density at radius 2 is 1.73 bits per heavy atom. The zero-order valence-electron chi connectivity index (χ0n) is 16.3. The summed E-state index contributed by atoms with van der Waals surface area (Å²) in [4.78, 5) is 11.8. The van der Waals surface area contributed by atoms with Crippen molar-refractivity contribution < 1.29 is 0 Å². The standard InChI is InChI=1S/C20H34N6/c1-2-3-12-17-22-18-16(24-25-19(18)20(21)23-17)11-7-6-10-15-26-13-8-4-5-9-14-26/h2-15H2,1H3,(H,24,25)(H2,21,22,23). The van der Waals surface area contributed by atoms with Crippen LogP contribution in [0.15, 0.2) is 0 Å². The number of aromatic nitrogens is 4. The molecule has 1 aliphatic rings. The summed E-state index contributed by atoms with van der Waals surface area (Å²) in [6.07, 6.45) is 13.4. The lowest BCUT2D eigenvalue weighted by molar-refractivity contribution is 0.278. The molecule has 3 N–H and O–H groups in total. The molecule has 144 valence electrons. The lowest BCUT2D eigenvalue weighted by Crippen LogP contribution is -2.25. The molecule has 0 radical (unpaired) electrons. The molecule has 0 atom stereocenters. The van der Waals surface area contributed by atoms with Crippen molar-refractivity contribution in [3.8, 4) is 0 Å². The van der Waals surface area contributed by atoms with E-state index in [1.54, 1.807) is 0 Å². The van der Waals surface area contributed by atoms with Crippen LogP contribution in [0.1, 0.15) is 76.2 Å². The molecule has 3 rings (SSSR count). The summed E-state index contributed by atoms with van der Waals surface area (Å²) >= 11 is 0. The lowest BCUT2D eigenvalue weighted by Gasteiger charge is -2.19. The quantitative estimate of drug-likeness (QED) is 0.665. The minimum Gasteiger partial charge on any atom is -0.382 e. The molecule has 0 amide bonds. The summed E-state index contributed by atoms with van der Waals surface area (Å²) in [6.45, 7) is 6.01. The topological polar surface area (TPSA) is 83.7 Å². The molecule has 3 heterocycles. The molecule has 1 fully saturated rings. The van der Waals surface area contributed by atoms with Crippen molar-refractivity contribution in [1.29, 1.82) is 0 Å². The van der Waals surface area contributed by atoms with Crippen LogP contribution in [0.5, 0.6) is 0 Å². The predicted molar refractivity (Wildman–Crippen MR) is 107 cm³/mol. The molecule has 26 heavy (non-hydrogen) atoms. The van der Waals surface area contributed by atoms with Gasteiger partial charge in [-0.25, -0.2) is 9.97 Å². The van der Waals surface area contributed by atoms with Crippen molar-refractivity contribution in [3.63, 3.8) is 0 Å². The monoisotopic (exact) mass is 358 g/mol. The maximum atomic E-state index is 6.07. The molecule has 6 heteroatoms. The van der Waals surface area contributed by atoms with Crippen LogP contribution in [0.2, 0.25) is 0 Å². The van der Waals surface area contributed by atoms with Gasteiger partial charge in [-0.3, -0.25) is 5.10 Å². The molecule has 0 saturated carbocycles. The smallest absolute Gasteiger partial charge is 0.155 e. The number of likely N-dealkylation sites (tertiary alicyclic amines) is 1. The molecule has 1 aliphatic heterocycles. The highest BCUT2D eigenvalue weighted by molar-refractivity contribution is 5.85. The third kappa shape index (κ3) is 5.16. The number of hydrogen-bond donors (Lipinski definition) is 2. The Balaban J connectivity index is 1.49. The van der Waals surface area contributed by atoms with Crippen molar-refractivity contribution in [2.24, 2.45) is 0 Å². The lowest BCUT2D eigenvalue weighted by atomic mass is 10.1. The van der Waals surface area contributed by atoms with Crippen LogP contribution in [-0.4, -0.2) is 44.7 Å². The summed E-state index contributed by atoms with van der Waals surface area (Å²) in [5, 5.41) is 7.48. The van der Waals surface area contributed by atoms with Crippen molar-refractivity contribution in [1.82, 2.24) is 25.1 Å². The number of nitrogens with two attached hydrogens (primary N) is 1. The Hall–Kier alpha value is -1.69. The van der Waals surface area contributed by atoms with Crippen molar-refractivity contribution in [2.75, 3.05) is 25.4 Å². The van der Waals surface area contributed by atoms with Gasteiger partial charge in [-0.2, -0.15) is 5.10 Å². The minimum atomic E-state index is 0.504. The van der Waals surface area contributed by atoms with Gasteiger partial charge in [0.1, 0.15) is 11.3 Å². The Morgan fingerprint density at radius 1 is 0.923 bits per heavy atom. The Kier molecular flexibility index (Phi) is 7.23. The van der Waals surface area contributed by atoms with Crippen LogP contribution >= 0.6 is 0 Å². The van der Waals surface area contributed by atoms with Crippen LogP contribution < -0.4 is 5.73 Å². The van der Waals surface area contributed by atoms with E-state index in [4.69, 9.17) is 10.7 Å². The van der Waals surface area contributed by atoms with Crippen LogP contribution in [0, 0.1) is 0 Å². The van der Waals surface area contributed by atoms with Crippen LogP contribution in [0.3, 0.4) is 0 Å². The number of rotatable bonds is 9. The van der Waals surface area contributed by atoms with Gasteiger partial charge in [0.25, 0.3) is 0 Å². The predicted octanol–water partition coefficient (Wildman–Crippen LogP) is 3.87. The highest BCUT2D eigenvalue weighted by atomic mass is 15.2. The summed E-state index contributed by atoms with van der Waals surface area (Å²) < 4.78 is 0. The van der Waals surface area contributed by atoms with E-state index >= 15 is 0 Å². The first-order valence-electron chi connectivity index (χ1n) is 10.5. The van der Waals surface area contributed by atoms with Crippen molar-refractivity contribution in [2.45, 2.75) is 77.6 Å². The average molecular weight is 359 g/mol. The number of fused-ring (bicyclic) bond motifs is 1. The first kappa shape index (κ1) is 19.1. The van der Waals surface area contributed by atoms with Crippen LogP contribution in [0.25, 0.3) is 11.0 Å². The fourth-order valence-electron chi connectivity index (χ4n) is 3.81. The minimum absolute atomic E-state index is 0.504. The highest BCUT2D eigenvalue weighted by Crippen LogP contribution is 2.21. The molecule has 0 aromatic carbocycles. The number of H-pyrrole nitrogens is 1. The maximum Gasteiger partial charge on any atom is 0.155 e. The van der Waals surface area contributed by atoms with E-state index < -0.39 is 0 Å². The van der Waals surface area contributed by atoms with Crippen molar-refractivity contribution >= 4 is 16.9 Å². The van der Waals surface area contributed by atoms with Gasteiger partial charge >= 0.3 is 0 Å². The SMILES string of the molecule is CCCCc1nc(N)c2n[nH]c(CCCCCN3CCCCCC3)c2n1. The molecule has 0 bridgehead atoms. The first-order chi connectivity index (χ1) is 12.8. The molecular weight excluding hydrogens is 324 g/mol. The second-order valence-corrected chi connectivity index (χ2v) is 7.59. The zero-order valence-corrected chi connectivity index (χ0v) is 16.3. The fraction of sp³-hybridized carbons (Fsp3) is 0.750. The van der Waals surface area contributed by atoms with E-state index in [2.05, 4.69) is 27.0 Å². The third-order valence-corrected chi connectivity index (χ3v) is 5.40. The van der Waals surface area contributed by atoms with Gasteiger partial charge in [-0.15, -0.1) is 0 Å². The number of nitrogens with zero attached hydrogens (tertiary/aromatic N) is 4. The van der Waals surface area contributed by atoms with E-state index in [0.29, 0.717) is 5.82 Å². The number of aryl methyl sites for hydroxylation is 2. The molecule has 0 spiro atoms. The van der Waals surface area contributed by atoms with E-state index in [9.17, 15) is 0 Å². The second-order valence-electron chi connectivity index (χ2n) is 7.59. The molecule has 2 aromatic heterocycles. The van der Waals surface area contributed by atoms with Gasteiger partial charge in [-0.1, -0.05) is 32.6 Å². The molecule has 1 saturated heterocycles. The second kappa shape index (κ2) is 9.86. The molecule has 0 aliphatic carbocycles. The van der Waals surface area contributed by atoms with Gasteiger partial charge in [0.05, 0.1) is 5.69 Å². The largest absolute Gasteiger partial charge is 0.382 e. The fourth-order valence-corrected chi connectivity index (χ4v) is 3.81. The number of unbranched alkanes of at least 4 members (excludes halogenated alkanes) is 3. The zero-order chi connectivity index (χ0) is 18.2. The summed E-state index contributed by atoms with van der Waals surface area (Å²) in [7, 11) is 0. The first-order valence-corrected chi connectivity index (χ1v) is 10.5. The van der Waals surface area contributed by atoms with E-state index in [-0.39, 0.29) is 0 Å².